The molecule has 0 saturated heterocycles. The lowest BCUT2D eigenvalue weighted by Gasteiger charge is -2.03. The summed E-state index contributed by atoms with van der Waals surface area (Å²) in [6.07, 6.45) is 1.78. The summed E-state index contributed by atoms with van der Waals surface area (Å²) >= 11 is 7.78. The van der Waals surface area contributed by atoms with Gasteiger partial charge in [0.05, 0.1) is 5.56 Å². The Kier molecular flexibility index (Phi) is 3.23. The first kappa shape index (κ1) is 14.4. The molecule has 0 bridgehead atoms. The minimum absolute atomic E-state index is 0.721. The van der Waals surface area contributed by atoms with Crippen molar-refractivity contribution in [3.05, 3.63) is 62.5 Å². The number of thiophene rings is 1. The average Bonchev–Trinajstić information content (AvgIpc) is 2.97. The van der Waals surface area contributed by atoms with Crippen LogP contribution in [-0.2, 0) is 0 Å². The van der Waals surface area contributed by atoms with Crippen molar-refractivity contribution in [2.24, 2.45) is 0 Å². The van der Waals surface area contributed by atoms with Gasteiger partial charge in [0.1, 0.15) is 16.4 Å². The Bertz CT molecular complexity index is 989. The van der Waals surface area contributed by atoms with Gasteiger partial charge in [0.15, 0.2) is 0 Å². The molecule has 0 saturated carbocycles. The molecule has 4 nitrogen and oxygen atoms in total. The lowest BCUT2D eigenvalue weighted by molar-refractivity contribution is 0.980. The number of fused-ring (bicyclic) bond motifs is 3. The summed E-state index contributed by atoms with van der Waals surface area (Å²) in [5.41, 5.74) is 4.38. The van der Waals surface area contributed by atoms with Gasteiger partial charge >= 0.3 is 11.9 Å². The van der Waals surface area contributed by atoms with Crippen molar-refractivity contribution in [1.82, 2.24) is 19.4 Å². The lowest BCUT2D eigenvalue weighted by atomic mass is 10.0. The van der Waals surface area contributed by atoms with Crippen molar-refractivity contribution >= 4 is 34.9 Å². The Balaban J connectivity index is 2.06. The third-order valence-corrected chi connectivity index (χ3v) is 5.53. The molecule has 1 aliphatic rings. The second kappa shape index (κ2) is 5.17. The molecular weight excluding hydrogens is 328 g/mol. The van der Waals surface area contributed by atoms with Gasteiger partial charge in [-0.25, -0.2) is 0 Å². The number of aromatic nitrogens is 3. The van der Waals surface area contributed by atoms with Crippen LogP contribution in [0.1, 0.15) is 33.2 Å². The fraction of sp³-hybridized carbons (Fsp3) is 0.176. The van der Waals surface area contributed by atoms with Gasteiger partial charge in [0, 0.05) is 9.90 Å². The zero-order valence-electron chi connectivity index (χ0n) is 13.0. The summed E-state index contributed by atoms with van der Waals surface area (Å²) < 4.78 is 6.80. The van der Waals surface area contributed by atoms with E-state index in [2.05, 4.69) is 28.6 Å². The first-order valence-corrected chi connectivity index (χ1v) is 8.45. The van der Waals surface area contributed by atoms with E-state index in [1.807, 2.05) is 31.2 Å². The van der Waals surface area contributed by atoms with E-state index in [9.17, 15) is 0 Å². The molecule has 3 heterocycles. The topological polar surface area (TPSA) is 44.8 Å². The molecule has 2 aromatic heterocycles. The zero-order chi connectivity index (χ0) is 16.1. The van der Waals surface area contributed by atoms with E-state index in [0.717, 1.165) is 38.5 Å². The molecule has 0 unspecified atom stereocenters. The van der Waals surface area contributed by atoms with Crippen LogP contribution in [0.4, 0.5) is 0 Å². The number of hydrogen-bond donors (Lipinski definition) is 0. The summed E-state index contributed by atoms with van der Waals surface area (Å²) in [5.74, 6) is 1.63. The predicted molar refractivity (Wildman–Crippen MR) is 95.4 cm³/mol. The van der Waals surface area contributed by atoms with E-state index in [0.29, 0.717) is 0 Å². The van der Waals surface area contributed by atoms with Crippen LogP contribution in [0.15, 0.2) is 24.3 Å². The van der Waals surface area contributed by atoms with Gasteiger partial charge in [0.25, 0.3) is 0 Å². The minimum Gasteiger partial charge on any atom is -0.263 e. The van der Waals surface area contributed by atoms with Crippen LogP contribution < -0.4 is 4.67 Å². The molecule has 3 aromatic rings. The Hall–Kier alpha value is -2.20. The molecule has 6 heteroatoms. The van der Waals surface area contributed by atoms with Crippen molar-refractivity contribution in [2.45, 2.75) is 20.8 Å². The highest BCUT2D eigenvalue weighted by Gasteiger charge is 2.31. The molecule has 0 atom stereocenters. The van der Waals surface area contributed by atoms with Gasteiger partial charge < -0.3 is 0 Å². The Morgan fingerprint density at radius 1 is 1.09 bits per heavy atom. The maximum atomic E-state index is 6.03. The van der Waals surface area contributed by atoms with Gasteiger partial charge in [-0.2, -0.15) is 0 Å². The van der Waals surface area contributed by atoms with Crippen LogP contribution in [0, 0.1) is 20.8 Å². The fourth-order valence-corrected chi connectivity index (χ4v) is 4.11. The van der Waals surface area contributed by atoms with Crippen molar-refractivity contribution in [3.8, 4) is 5.00 Å². The molecular formula is C17H14ClN4S+. The molecule has 1 aliphatic heterocycles. The third kappa shape index (κ3) is 2.17. The molecule has 0 N–H and O–H groups in total. The molecule has 4 rings (SSSR count). The number of nitrogens with zero attached hydrogens (tertiary/aromatic N) is 4. The van der Waals surface area contributed by atoms with Crippen molar-refractivity contribution in [1.29, 1.82) is 0 Å². The third-order valence-electron chi connectivity index (χ3n) is 4.08. The summed E-state index contributed by atoms with van der Waals surface area (Å²) in [4.78, 5) is 1.28. The predicted octanol–water partition coefficient (Wildman–Crippen LogP) is 3.24. The molecule has 1 aromatic carbocycles. The van der Waals surface area contributed by atoms with Gasteiger partial charge in [0.2, 0.25) is 5.82 Å². The molecule has 0 fully saturated rings. The van der Waals surface area contributed by atoms with Crippen molar-refractivity contribution in [2.75, 3.05) is 0 Å². The summed E-state index contributed by atoms with van der Waals surface area (Å²) in [6, 6.07) is 7.79. The second-order valence-electron chi connectivity index (χ2n) is 5.52. The SMILES string of the molecule is Cc1sc2c(c1C)C(c1ccc(Cl)cc1)=[N+]=Cc1nnc(C)n1-2. The summed E-state index contributed by atoms with van der Waals surface area (Å²) in [7, 11) is 0. The Labute approximate surface area is 142 Å². The van der Waals surface area contributed by atoms with Crippen LogP contribution in [-0.4, -0.2) is 26.7 Å². The van der Waals surface area contributed by atoms with E-state index >= 15 is 0 Å². The normalized spacial score (nSPS) is 12.6. The van der Waals surface area contributed by atoms with Gasteiger partial charge in [-0.15, -0.1) is 21.5 Å². The van der Waals surface area contributed by atoms with Crippen LogP contribution in [0.3, 0.4) is 0 Å². The smallest absolute Gasteiger partial charge is 0.263 e. The van der Waals surface area contributed by atoms with Crippen molar-refractivity contribution < 1.29 is 0 Å². The highest BCUT2D eigenvalue weighted by Crippen LogP contribution is 2.34. The van der Waals surface area contributed by atoms with Gasteiger partial charge in [-0.1, -0.05) is 16.3 Å². The average molecular weight is 342 g/mol. The fourth-order valence-electron chi connectivity index (χ4n) is 2.77. The van der Waals surface area contributed by atoms with E-state index in [1.165, 1.54) is 10.4 Å². The monoisotopic (exact) mass is 341 g/mol. The van der Waals surface area contributed by atoms with E-state index in [-0.39, 0.29) is 0 Å². The maximum Gasteiger partial charge on any atom is 0.344 e. The minimum atomic E-state index is 0.721. The second-order valence-corrected chi connectivity index (χ2v) is 7.16. The number of halogens is 1. The maximum absolute atomic E-state index is 6.03. The highest BCUT2D eigenvalue weighted by atomic mass is 35.5. The molecule has 0 aliphatic carbocycles. The van der Waals surface area contributed by atoms with E-state index in [4.69, 9.17) is 16.3 Å². The molecule has 0 spiro atoms. The first-order chi connectivity index (χ1) is 11.1. The molecule has 114 valence electrons. The van der Waals surface area contributed by atoms with Crippen LogP contribution >= 0.6 is 22.9 Å². The number of hydrogen-bond acceptors (Lipinski definition) is 3. The van der Waals surface area contributed by atoms with Gasteiger partial charge in [-0.3, -0.25) is 4.57 Å². The van der Waals surface area contributed by atoms with Crippen LogP contribution in [0.25, 0.3) is 5.00 Å². The van der Waals surface area contributed by atoms with E-state index < -0.39 is 0 Å². The molecule has 0 radical (unpaired) electrons. The number of rotatable bonds is 1. The van der Waals surface area contributed by atoms with Crippen molar-refractivity contribution in [3.63, 3.8) is 0 Å². The van der Waals surface area contributed by atoms with E-state index in [1.54, 1.807) is 17.6 Å². The number of aryl methyl sites for hydroxylation is 2. The lowest BCUT2D eigenvalue weighted by Crippen LogP contribution is -2.09. The molecule has 23 heavy (non-hydrogen) atoms. The highest BCUT2D eigenvalue weighted by molar-refractivity contribution is 7.15. The van der Waals surface area contributed by atoms with Gasteiger partial charge in [-0.05, 0) is 50.6 Å². The largest absolute Gasteiger partial charge is 0.344 e. The number of benzene rings is 1. The standard InChI is InChI=1S/C17H14ClN4S/c1-9-10(2)23-17-15(9)16(12-4-6-13(18)7-5-12)19-8-14-21-20-11(3)22(14)17/h4-8H,1-3H3/q+1. The summed E-state index contributed by atoms with van der Waals surface area (Å²) in [5, 5.41) is 10.3. The quantitative estimate of drug-likeness (QED) is 0.499. The Morgan fingerprint density at radius 3 is 2.57 bits per heavy atom. The summed E-state index contributed by atoms with van der Waals surface area (Å²) in [6.45, 7) is 6.24. The van der Waals surface area contributed by atoms with Crippen LogP contribution in [0.2, 0.25) is 5.02 Å². The first-order valence-electron chi connectivity index (χ1n) is 7.26. The Morgan fingerprint density at radius 2 is 1.83 bits per heavy atom. The zero-order valence-corrected chi connectivity index (χ0v) is 14.5. The molecule has 0 amide bonds. The van der Waals surface area contributed by atoms with Crippen LogP contribution in [0.5, 0.6) is 0 Å².